The van der Waals surface area contributed by atoms with E-state index in [4.69, 9.17) is 130 Å². The van der Waals surface area contributed by atoms with Crippen LogP contribution in [-0.4, -0.2) is 246 Å². The third-order valence-corrected chi connectivity index (χ3v) is 23.2. The molecule has 0 spiro atoms. The highest BCUT2D eigenvalue weighted by atomic mass is 32.5. The van der Waals surface area contributed by atoms with Crippen molar-refractivity contribution in [1.29, 1.82) is 0 Å². The molecule has 13 rings (SSSR count). The van der Waals surface area contributed by atoms with E-state index < -0.39 is 211 Å². The zero-order valence-electron chi connectivity index (χ0n) is 53.1. The van der Waals surface area contributed by atoms with Gasteiger partial charge in [-0.05, 0) is 60.2 Å². The Bertz CT molecular complexity index is 5150. The molecule has 0 saturated carbocycles. The van der Waals surface area contributed by atoms with Crippen LogP contribution in [0.4, 0.5) is 23.5 Å². The number of fused-ring (bicyclic) bond motifs is 3. The number of rotatable bonds is 26. The van der Waals surface area contributed by atoms with Crippen molar-refractivity contribution in [2.75, 3.05) is 56.0 Å². The van der Waals surface area contributed by atoms with Crippen molar-refractivity contribution in [2.24, 2.45) is 0 Å². The first-order valence-corrected chi connectivity index (χ1v) is 40.9. The molecular formula is C49H62N20O28P4S4. The number of aliphatic hydroxyl groups is 6. The van der Waals surface area contributed by atoms with E-state index in [1.165, 1.54) is 23.9 Å². The minimum Gasteiger partial charge on any atom is -0.394 e. The van der Waals surface area contributed by atoms with Crippen molar-refractivity contribution < 1.29 is 110 Å². The summed E-state index contributed by atoms with van der Waals surface area (Å²) in [5.41, 5.74) is 18.6. The number of H-pyrrole nitrogens is 3. The molecule has 48 nitrogen and oxygen atoms in total. The van der Waals surface area contributed by atoms with Gasteiger partial charge in [0.15, 0.2) is 58.7 Å². The maximum atomic E-state index is 13.3. The Morgan fingerprint density at radius 2 is 0.962 bits per heavy atom. The third-order valence-electron chi connectivity index (χ3n) is 17.0. The first kappa shape index (κ1) is 76.9. The second kappa shape index (κ2) is 29.9. The number of aromatic amines is 3. The molecule has 5 fully saturated rings. The molecule has 0 radical (unpaired) electrons. The van der Waals surface area contributed by atoms with Gasteiger partial charge in [0.2, 0.25) is 11.9 Å². The van der Waals surface area contributed by atoms with Crippen LogP contribution in [0.2, 0.25) is 0 Å². The van der Waals surface area contributed by atoms with E-state index in [1.807, 2.05) is 0 Å². The van der Waals surface area contributed by atoms with Crippen molar-refractivity contribution in [3.8, 4) is 0 Å². The molecule has 13 heterocycles. The number of ether oxygens (including phenoxy) is 5. The molecule has 5 aliphatic heterocycles. The summed E-state index contributed by atoms with van der Waals surface area (Å²) in [5.74, 6) is -0.926. The molecule has 4 unspecified atom stereocenters. The lowest BCUT2D eigenvalue weighted by atomic mass is 10.1. The van der Waals surface area contributed by atoms with Gasteiger partial charge in [0.05, 0.1) is 58.1 Å². The van der Waals surface area contributed by atoms with Gasteiger partial charge < -0.3 is 119 Å². The Labute approximate surface area is 603 Å². The predicted molar refractivity (Wildman–Crippen MR) is 364 cm³/mol. The molecule has 105 heavy (non-hydrogen) atoms. The zero-order valence-corrected chi connectivity index (χ0v) is 60.0. The average Bonchev–Trinajstić information content (AvgIpc) is 1.63. The topological polar surface area (TPSA) is 687 Å². The number of hydrogen-bond acceptors (Lipinski definition) is 40. The molecule has 0 amide bonds. The summed E-state index contributed by atoms with van der Waals surface area (Å²) in [6, 6.07) is 1.17. The van der Waals surface area contributed by atoms with E-state index in [-0.39, 0.29) is 62.6 Å². The molecule has 570 valence electrons. The van der Waals surface area contributed by atoms with E-state index in [9.17, 15) is 74.2 Å². The first-order valence-electron chi connectivity index (χ1n) is 30.5. The van der Waals surface area contributed by atoms with Gasteiger partial charge in [-0.3, -0.25) is 65.7 Å². The van der Waals surface area contributed by atoms with Crippen molar-refractivity contribution in [3.05, 3.63) is 101 Å². The van der Waals surface area contributed by atoms with Crippen LogP contribution < -0.4 is 51.0 Å². The van der Waals surface area contributed by atoms with Gasteiger partial charge in [-0.15, -0.1) is 0 Å². The summed E-state index contributed by atoms with van der Waals surface area (Å²) in [4.78, 5) is 150. The second-order valence-corrected chi connectivity index (χ2v) is 35.0. The standard InChI is InChI=1S/C49H62N20O28P4S4/c1-15-5-66(49(80)64-39(15)76)23-4-16(18(89-23)7-85-99(82,103)95-32-17(6-70)90-45(29(32)73)69-14-58-26-38(69)61-47(53)63-41(26)78)94-98(81,102)87-9-20-33(30(74)43(92-20)65-3-2-22(50)59-48(65)79)96-101(84,105)88-10-21-34(31(75)44(93-21)67-12-56-24-35(51)54-11-55-36(24)67)97-100(83,104)86-8-19-27(71)28(72)42(91-19)68-13-57-25-37(68)60-46(52)62-40(25)77/h2-3,5,11-14,16-21,23,27-34,42-45,70-75H,4,6-10H2,1H3,(H,81,102)(H,82,103)(H,83,104)(H,84,105)(H2,50,59,79)(H2,51,54,55)(H,64,76,80)(H3,52,60,62,77)(H3,53,61,63,78)/t16-,17+,18+,19+,20+,21+,23+,27+,28+,29+,30+,31+,32+,33+,34+,42+,43+,44+,45+,98?,99?,100?,101?/m0/s1. The summed E-state index contributed by atoms with van der Waals surface area (Å²) in [5, 5.41) is 68.0. The van der Waals surface area contributed by atoms with Crippen molar-refractivity contribution >= 4 is 131 Å². The van der Waals surface area contributed by atoms with Crippen LogP contribution in [0.15, 0.2) is 67.7 Å². The van der Waals surface area contributed by atoms with Crippen molar-refractivity contribution in [3.63, 3.8) is 0 Å². The molecule has 8 aromatic rings. The second-order valence-electron chi connectivity index (χ2n) is 23.8. The number of nitrogens with two attached hydrogens (primary N) is 4. The molecule has 0 aromatic carbocycles. The highest BCUT2D eigenvalue weighted by Gasteiger charge is 2.54. The van der Waals surface area contributed by atoms with Crippen molar-refractivity contribution in [1.82, 2.24) is 77.7 Å². The van der Waals surface area contributed by atoms with Crippen LogP contribution in [0.1, 0.15) is 43.1 Å². The molecule has 0 bridgehead atoms. The maximum absolute atomic E-state index is 13.3. The Morgan fingerprint density at radius 1 is 0.514 bits per heavy atom. The molecule has 8 aromatic heterocycles. The number of nitrogens with one attached hydrogen (secondary N) is 3. The lowest BCUT2D eigenvalue weighted by Crippen LogP contribution is -2.38. The Kier molecular flexibility index (Phi) is 21.9. The first-order chi connectivity index (χ1) is 49.6. The summed E-state index contributed by atoms with van der Waals surface area (Å²) in [7, 11) is 0. The Balaban J connectivity index is 0.710. The quantitative estimate of drug-likeness (QED) is 0.0224. The number of nitrogens with zero attached hydrogens (tertiary/aromatic N) is 13. The number of hydrogen-bond donors (Lipinski definition) is 17. The highest BCUT2D eigenvalue weighted by Crippen LogP contribution is 2.56. The Morgan fingerprint density at radius 3 is 1.49 bits per heavy atom. The molecular weight excluding hydrogens is 1570 g/mol. The minimum absolute atomic E-state index is 0.0163. The fourth-order valence-electron chi connectivity index (χ4n) is 12.0. The maximum Gasteiger partial charge on any atom is 0.351 e. The summed E-state index contributed by atoms with van der Waals surface area (Å²) in [6.07, 6.45) is -25.2. The highest BCUT2D eigenvalue weighted by molar-refractivity contribution is 8.08. The number of aliphatic hydroxyl groups excluding tert-OH is 6. The molecule has 56 heteroatoms. The van der Waals surface area contributed by atoms with Gasteiger partial charge in [0.1, 0.15) is 103 Å². The van der Waals surface area contributed by atoms with E-state index in [0.717, 1.165) is 49.6 Å². The van der Waals surface area contributed by atoms with Crippen LogP contribution in [0.3, 0.4) is 0 Å². The smallest absolute Gasteiger partial charge is 0.351 e. The SMILES string of the molecule is Cc1cn([C@H]2C[C@H](OP(O)(=S)OC[C@H]3O[C@@H](n4ccc(N)nc4=O)[C@H](O)[C@@H]3OP(O)(=S)OC[C@H]3O[C@@H](n4cnc5c(N)ncnc54)[C@H](O)[C@@H]3OP(O)(=S)OC[C@H]3O[C@@H](n4cnc5c(=O)[nH]c(N)nc54)[C@H](O)[C@@H]3O)[C@@H](COP(O)(=S)O[C@H]3[C@@H](O)[C@H](n4cnc5c(=O)[nH]c(N)nc54)O[C@@H]3CO)O2)c(=O)[nH]c1=O. The lowest BCUT2D eigenvalue weighted by Gasteiger charge is -2.29. The summed E-state index contributed by atoms with van der Waals surface area (Å²) >= 11 is 21.7. The number of aryl methyl sites for hydroxylation is 1. The van der Waals surface area contributed by atoms with Gasteiger partial charge in [0, 0.05) is 24.4 Å². The fourth-order valence-corrected chi connectivity index (χ4v) is 17.9. The van der Waals surface area contributed by atoms with Gasteiger partial charge in [-0.25, -0.2) is 34.5 Å². The third kappa shape index (κ3) is 15.8. The van der Waals surface area contributed by atoms with E-state index >= 15 is 0 Å². The molecule has 23 atom stereocenters. The minimum atomic E-state index is -4.89. The largest absolute Gasteiger partial charge is 0.394 e. The normalized spacial score (nSPS) is 31.6. The molecule has 21 N–H and O–H groups in total. The number of imidazole rings is 3. The average molecular weight is 1630 g/mol. The van der Waals surface area contributed by atoms with Crippen LogP contribution in [0.5, 0.6) is 0 Å². The van der Waals surface area contributed by atoms with Crippen LogP contribution in [0, 0.1) is 6.92 Å². The molecule has 0 aliphatic carbocycles. The van der Waals surface area contributed by atoms with Crippen LogP contribution in [-0.2, 0) is 107 Å². The van der Waals surface area contributed by atoms with Gasteiger partial charge >= 0.3 is 38.3 Å². The summed E-state index contributed by atoms with van der Waals surface area (Å²) < 4.78 is 81.8. The molecule has 5 saturated heterocycles. The fraction of sp³-hybridized carbons (Fsp3) is 0.531. The van der Waals surface area contributed by atoms with Gasteiger partial charge in [-0.1, -0.05) is 0 Å². The van der Waals surface area contributed by atoms with E-state index in [1.54, 1.807) is 0 Å². The van der Waals surface area contributed by atoms with Gasteiger partial charge in [0.25, 0.3) is 16.7 Å². The van der Waals surface area contributed by atoms with Crippen molar-refractivity contribution in [2.45, 2.75) is 130 Å². The Hall–Kier alpha value is -6.31. The van der Waals surface area contributed by atoms with Crippen LogP contribution >= 0.6 is 26.9 Å². The number of anilines is 4. The zero-order chi connectivity index (χ0) is 75.3. The number of nitrogen functional groups attached to an aromatic ring is 4. The molecule has 5 aliphatic rings. The van der Waals surface area contributed by atoms with Crippen LogP contribution in [0.25, 0.3) is 33.5 Å². The van der Waals surface area contributed by atoms with Gasteiger partial charge in [-0.2, -0.15) is 15.0 Å². The predicted octanol–water partition coefficient (Wildman–Crippen LogP) is -6.31. The van der Waals surface area contributed by atoms with E-state index in [2.05, 4.69) is 54.8 Å². The lowest BCUT2D eigenvalue weighted by molar-refractivity contribution is -0.0596. The number of aromatic nitrogens is 16. The summed E-state index contributed by atoms with van der Waals surface area (Å²) in [6.45, 7) is -21.9. The van der Waals surface area contributed by atoms with E-state index in [0.29, 0.717) is 0 Å². The monoisotopic (exact) mass is 1630 g/mol.